The maximum Gasteiger partial charge on any atom is 0.266 e. The number of ether oxygens (including phenoxy) is 1. The Morgan fingerprint density at radius 1 is 1.24 bits per heavy atom. The third-order valence-electron chi connectivity index (χ3n) is 3.54. The number of nitrogens with zero attached hydrogens (tertiary/aromatic N) is 2. The quantitative estimate of drug-likeness (QED) is 0.711. The molecule has 0 N–H and O–H groups in total. The predicted molar refractivity (Wildman–Crippen MR) is 104 cm³/mol. The van der Waals surface area contributed by atoms with Crippen molar-refractivity contribution >= 4 is 46.2 Å². The van der Waals surface area contributed by atoms with Crippen LogP contribution in [-0.4, -0.2) is 29.6 Å². The van der Waals surface area contributed by atoms with Gasteiger partial charge in [-0.25, -0.2) is 4.99 Å². The third kappa shape index (κ3) is 4.06. The second-order valence-corrected chi connectivity index (χ2v) is 6.77. The Morgan fingerprint density at radius 2 is 2.00 bits per heavy atom. The molecule has 128 valence electrons. The number of aliphatic imine (C=N–C) groups is 1. The van der Waals surface area contributed by atoms with Gasteiger partial charge in [-0.2, -0.15) is 0 Å². The molecule has 1 fully saturated rings. The first kappa shape index (κ1) is 17.6. The molecule has 1 aliphatic rings. The van der Waals surface area contributed by atoms with E-state index in [0.29, 0.717) is 27.5 Å². The fourth-order valence-corrected chi connectivity index (χ4v) is 3.48. The predicted octanol–water partition coefficient (Wildman–Crippen LogP) is 4.97. The summed E-state index contributed by atoms with van der Waals surface area (Å²) in [5.41, 5.74) is 1.59. The zero-order valence-corrected chi connectivity index (χ0v) is 15.5. The molecule has 0 bridgehead atoms. The number of carbonyl (C=O) groups excluding carboxylic acids is 1. The van der Waals surface area contributed by atoms with Crippen LogP contribution < -0.4 is 4.74 Å². The van der Waals surface area contributed by atoms with E-state index in [1.165, 1.54) is 11.8 Å². The Kier molecular flexibility index (Phi) is 5.46. The summed E-state index contributed by atoms with van der Waals surface area (Å²) < 4.78 is 5.62. The number of halogens is 1. The number of rotatable bonds is 4. The van der Waals surface area contributed by atoms with Gasteiger partial charge in [-0.1, -0.05) is 29.8 Å². The number of benzene rings is 2. The average molecular weight is 373 g/mol. The SMILES string of the molecule is CCOc1ccc(Cl)cc1/C=C1\SC(=Nc2ccccc2)N(C)C1=O. The molecule has 1 amide bonds. The summed E-state index contributed by atoms with van der Waals surface area (Å²) in [6.45, 7) is 2.46. The maximum atomic E-state index is 12.5. The van der Waals surface area contributed by atoms with Gasteiger partial charge in [0.2, 0.25) is 0 Å². The van der Waals surface area contributed by atoms with E-state index >= 15 is 0 Å². The van der Waals surface area contributed by atoms with Gasteiger partial charge < -0.3 is 4.74 Å². The lowest BCUT2D eigenvalue weighted by molar-refractivity contribution is -0.121. The highest BCUT2D eigenvalue weighted by molar-refractivity contribution is 8.18. The molecule has 0 aromatic heterocycles. The molecular formula is C19H17ClN2O2S. The van der Waals surface area contributed by atoms with Crippen LogP contribution in [0.3, 0.4) is 0 Å². The zero-order chi connectivity index (χ0) is 17.8. The second kappa shape index (κ2) is 7.76. The van der Waals surface area contributed by atoms with E-state index in [9.17, 15) is 4.79 Å². The minimum atomic E-state index is -0.0953. The Morgan fingerprint density at radius 3 is 2.72 bits per heavy atom. The summed E-state index contributed by atoms with van der Waals surface area (Å²) in [5, 5.41) is 1.24. The number of amides is 1. The molecular weight excluding hydrogens is 356 g/mol. The molecule has 1 heterocycles. The summed E-state index contributed by atoms with van der Waals surface area (Å²) in [6.07, 6.45) is 1.80. The monoisotopic (exact) mass is 372 g/mol. The first-order valence-corrected chi connectivity index (χ1v) is 9.01. The standard InChI is InChI=1S/C19H17ClN2O2S/c1-3-24-16-10-9-14(20)11-13(16)12-17-18(23)22(2)19(25-17)21-15-7-5-4-6-8-15/h4-12H,3H2,1-2H3/b17-12-,21-19?. The summed E-state index contributed by atoms with van der Waals surface area (Å²) in [5.74, 6) is 0.603. The topological polar surface area (TPSA) is 41.9 Å². The fourth-order valence-electron chi connectivity index (χ4n) is 2.32. The lowest BCUT2D eigenvalue weighted by atomic mass is 10.2. The van der Waals surface area contributed by atoms with Gasteiger partial charge in [0.1, 0.15) is 5.75 Å². The Labute approximate surface area is 156 Å². The van der Waals surface area contributed by atoms with Gasteiger partial charge in [0.05, 0.1) is 17.2 Å². The van der Waals surface area contributed by atoms with Crippen molar-refractivity contribution in [1.29, 1.82) is 0 Å². The minimum absolute atomic E-state index is 0.0953. The van der Waals surface area contributed by atoms with Crippen LogP contribution in [0.25, 0.3) is 6.08 Å². The molecule has 25 heavy (non-hydrogen) atoms. The molecule has 4 nitrogen and oxygen atoms in total. The molecule has 2 aromatic carbocycles. The van der Waals surface area contributed by atoms with Crippen LogP contribution in [0, 0.1) is 0 Å². The van der Waals surface area contributed by atoms with Gasteiger partial charge in [-0.3, -0.25) is 9.69 Å². The molecule has 0 spiro atoms. The largest absolute Gasteiger partial charge is 0.493 e. The molecule has 0 radical (unpaired) electrons. The van der Waals surface area contributed by atoms with Crippen molar-refractivity contribution in [2.45, 2.75) is 6.92 Å². The summed E-state index contributed by atoms with van der Waals surface area (Å²) >= 11 is 7.43. The van der Waals surface area contributed by atoms with Gasteiger partial charge in [0, 0.05) is 17.6 Å². The number of hydrogen-bond acceptors (Lipinski definition) is 4. The highest BCUT2D eigenvalue weighted by atomic mass is 35.5. The van der Waals surface area contributed by atoms with E-state index in [1.54, 1.807) is 30.2 Å². The first-order valence-electron chi connectivity index (χ1n) is 7.82. The fraction of sp³-hybridized carbons (Fsp3) is 0.158. The van der Waals surface area contributed by atoms with Crippen LogP contribution in [0.5, 0.6) is 5.75 Å². The van der Waals surface area contributed by atoms with Crippen molar-refractivity contribution < 1.29 is 9.53 Å². The molecule has 0 saturated carbocycles. The lowest BCUT2D eigenvalue weighted by Gasteiger charge is -2.08. The van der Waals surface area contributed by atoms with Crippen molar-refractivity contribution in [3.05, 3.63) is 64.0 Å². The van der Waals surface area contributed by atoms with Crippen LogP contribution in [0.4, 0.5) is 5.69 Å². The van der Waals surface area contributed by atoms with Crippen molar-refractivity contribution in [3.63, 3.8) is 0 Å². The van der Waals surface area contributed by atoms with E-state index in [0.717, 1.165) is 11.3 Å². The van der Waals surface area contributed by atoms with Crippen molar-refractivity contribution in [2.75, 3.05) is 13.7 Å². The van der Waals surface area contributed by atoms with E-state index in [4.69, 9.17) is 16.3 Å². The van der Waals surface area contributed by atoms with E-state index in [-0.39, 0.29) is 5.91 Å². The Bertz CT molecular complexity index is 850. The van der Waals surface area contributed by atoms with E-state index in [2.05, 4.69) is 4.99 Å². The zero-order valence-electron chi connectivity index (χ0n) is 13.9. The van der Waals surface area contributed by atoms with Gasteiger partial charge in [0.25, 0.3) is 5.91 Å². The van der Waals surface area contributed by atoms with Gasteiger partial charge >= 0.3 is 0 Å². The minimum Gasteiger partial charge on any atom is -0.493 e. The third-order valence-corrected chi connectivity index (χ3v) is 4.84. The van der Waals surface area contributed by atoms with Crippen molar-refractivity contribution in [2.24, 2.45) is 4.99 Å². The molecule has 0 unspecified atom stereocenters. The summed E-state index contributed by atoms with van der Waals surface area (Å²) in [4.78, 5) is 19.2. The smallest absolute Gasteiger partial charge is 0.266 e. The molecule has 2 aromatic rings. The second-order valence-electron chi connectivity index (χ2n) is 5.32. The van der Waals surface area contributed by atoms with Crippen LogP contribution in [-0.2, 0) is 4.79 Å². The Balaban J connectivity index is 1.94. The van der Waals surface area contributed by atoms with E-state index in [1.807, 2.05) is 43.3 Å². The number of likely N-dealkylation sites (N-methyl/N-ethyl adjacent to an activating group) is 1. The summed E-state index contributed by atoms with van der Waals surface area (Å²) in [7, 11) is 1.72. The highest BCUT2D eigenvalue weighted by Crippen LogP contribution is 2.35. The van der Waals surface area contributed by atoms with Crippen LogP contribution >= 0.6 is 23.4 Å². The number of para-hydroxylation sites is 1. The molecule has 1 saturated heterocycles. The lowest BCUT2D eigenvalue weighted by Crippen LogP contribution is -2.23. The molecule has 1 aliphatic heterocycles. The van der Waals surface area contributed by atoms with Crippen molar-refractivity contribution in [3.8, 4) is 5.75 Å². The first-order chi connectivity index (χ1) is 12.1. The molecule has 0 atom stereocenters. The number of hydrogen-bond donors (Lipinski definition) is 0. The highest BCUT2D eigenvalue weighted by Gasteiger charge is 2.30. The Hall–Kier alpha value is -2.24. The van der Waals surface area contributed by atoms with Crippen LogP contribution in [0.15, 0.2) is 58.4 Å². The molecule has 0 aliphatic carbocycles. The van der Waals surface area contributed by atoms with Crippen molar-refractivity contribution in [1.82, 2.24) is 4.90 Å². The van der Waals surface area contributed by atoms with Crippen LogP contribution in [0.1, 0.15) is 12.5 Å². The van der Waals surface area contributed by atoms with Gasteiger partial charge in [-0.05, 0) is 55.1 Å². The van der Waals surface area contributed by atoms with Gasteiger partial charge in [-0.15, -0.1) is 0 Å². The summed E-state index contributed by atoms with van der Waals surface area (Å²) in [6, 6.07) is 14.9. The normalized spacial score (nSPS) is 17.6. The van der Waals surface area contributed by atoms with Crippen LogP contribution in [0.2, 0.25) is 5.02 Å². The number of thioether (sulfide) groups is 1. The molecule has 3 rings (SSSR count). The number of carbonyl (C=O) groups is 1. The van der Waals surface area contributed by atoms with Gasteiger partial charge in [0.15, 0.2) is 5.17 Å². The average Bonchev–Trinajstić information content (AvgIpc) is 2.86. The maximum absolute atomic E-state index is 12.5. The molecule has 6 heteroatoms. The number of amidine groups is 1. The van der Waals surface area contributed by atoms with E-state index < -0.39 is 0 Å².